The van der Waals surface area contributed by atoms with Crippen LogP contribution in [0.4, 0.5) is 0 Å². The maximum absolute atomic E-state index is 13.4. The maximum Gasteiger partial charge on any atom is 0.472 e. The SMILES string of the molecule is CCCCCCC=CCCCCCCCCCC(=O)OCC(COP(=O)(O)OC1C(O)C(O)C(O)C(O)C1OC1OC(CO)C(O)C(O)C1O)OC(=O)CCCCCCCCCCCCCCCCC. The number of unbranched alkanes of at least 4 members (excludes halogenated alkanes) is 25. The van der Waals surface area contributed by atoms with Crippen LogP contribution in [0.25, 0.3) is 0 Å². The van der Waals surface area contributed by atoms with Crippen molar-refractivity contribution in [3.8, 4) is 0 Å². The van der Waals surface area contributed by atoms with Gasteiger partial charge in [-0.25, -0.2) is 4.57 Å². The molecule has 13 atom stereocenters. The minimum atomic E-state index is -5.37. The molecule has 9 N–H and O–H groups in total. The Morgan fingerprint density at radius 2 is 0.943 bits per heavy atom. The first kappa shape index (κ1) is 64.5. The molecule has 19 heteroatoms. The molecule has 0 aromatic carbocycles. The molecule has 0 aromatic heterocycles. The molecule has 0 radical (unpaired) electrons. The van der Waals surface area contributed by atoms with Crippen LogP contribution in [-0.4, -0.2) is 151 Å². The van der Waals surface area contributed by atoms with Crippen LogP contribution in [0.5, 0.6) is 0 Å². The second-order valence-corrected chi connectivity index (χ2v) is 20.8. The predicted octanol–water partition coefficient (Wildman–Crippen LogP) is 6.88. The van der Waals surface area contributed by atoms with Gasteiger partial charge in [0, 0.05) is 12.8 Å². The highest BCUT2D eigenvalue weighted by Crippen LogP contribution is 2.48. The van der Waals surface area contributed by atoms with Crippen LogP contribution in [0.2, 0.25) is 0 Å². The van der Waals surface area contributed by atoms with Gasteiger partial charge in [-0.15, -0.1) is 0 Å². The minimum absolute atomic E-state index is 0.0369. The van der Waals surface area contributed by atoms with E-state index in [1.807, 2.05) is 0 Å². The summed E-state index contributed by atoms with van der Waals surface area (Å²) in [5.74, 6) is -1.21. The minimum Gasteiger partial charge on any atom is -0.462 e. The van der Waals surface area contributed by atoms with Crippen LogP contribution in [-0.2, 0) is 42.1 Å². The van der Waals surface area contributed by atoms with E-state index in [2.05, 4.69) is 26.0 Å². The molecule has 0 spiro atoms. The van der Waals surface area contributed by atoms with Crippen LogP contribution in [0.1, 0.15) is 206 Å². The van der Waals surface area contributed by atoms with Crippen molar-refractivity contribution in [3.63, 3.8) is 0 Å². The van der Waals surface area contributed by atoms with Crippen LogP contribution in [0.3, 0.4) is 0 Å². The summed E-state index contributed by atoms with van der Waals surface area (Å²) in [6, 6.07) is 0. The highest BCUT2D eigenvalue weighted by molar-refractivity contribution is 7.47. The summed E-state index contributed by atoms with van der Waals surface area (Å²) in [4.78, 5) is 36.6. The van der Waals surface area contributed by atoms with E-state index in [-0.39, 0.29) is 12.8 Å². The average molecular weight is 1030 g/mol. The second-order valence-electron chi connectivity index (χ2n) is 19.4. The highest BCUT2D eigenvalue weighted by Gasteiger charge is 2.55. The lowest BCUT2D eigenvalue weighted by Gasteiger charge is -2.47. The number of rotatable bonds is 42. The van der Waals surface area contributed by atoms with E-state index in [4.69, 9.17) is 28.0 Å². The summed E-state index contributed by atoms with van der Waals surface area (Å²) < 4.78 is 45.5. The van der Waals surface area contributed by atoms with Crippen LogP contribution in [0.15, 0.2) is 12.2 Å². The summed E-state index contributed by atoms with van der Waals surface area (Å²) in [7, 11) is -5.37. The van der Waals surface area contributed by atoms with Crippen molar-refractivity contribution in [2.45, 2.75) is 280 Å². The zero-order valence-electron chi connectivity index (χ0n) is 42.6. The number of esters is 2. The highest BCUT2D eigenvalue weighted by atomic mass is 31.2. The number of phosphoric acid groups is 1. The van der Waals surface area contributed by atoms with Gasteiger partial charge in [-0.3, -0.25) is 18.6 Å². The first-order valence-corrected chi connectivity index (χ1v) is 28.5. The van der Waals surface area contributed by atoms with Gasteiger partial charge in [-0.2, -0.15) is 0 Å². The molecule has 18 nitrogen and oxygen atoms in total. The first-order valence-electron chi connectivity index (χ1n) is 27.0. The molecule has 13 unspecified atom stereocenters. The molecule has 2 fully saturated rings. The quantitative estimate of drug-likeness (QED) is 0.0130. The number of ether oxygens (including phenoxy) is 4. The third-order valence-corrected chi connectivity index (χ3v) is 14.2. The Morgan fingerprint density at radius 3 is 1.43 bits per heavy atom. The number of aliphatic hydroxyl groups is 8. The molecule has 412 valence electrons. The van der Waals surface area contributed by atoms with E-state index in [0.717, 1.165) is 77.0 Å². The summed E-state index contributed by atoms with van der Waals surface area (Å²) >= 11 is 0. The normalized spacial score (nSPS) is 27.4. The Labute approximate surface area is 418 Å². The van der Waals surface area contributed by atoms with Gasteiger partial charge < -0.3 is 64.7 Å². The number of carbonyl (C=O) groups is 2. The van der Waals surface area contributed by atoms with Crippen molar-refractivity contribution < 1.29 is 87.9 Å². The summed E-state index contributed by atoms with van der Waals surface area (Å²) in [5, 5.41) is 83.0. The Hall–Kier alpha value is -1.61. The first-order chi connectivity index (χ1) is 33.7. The third kappa shape index (κ3) is 27.1. The van der Waals surface area contributed by atoms with E-state index in [9.17, 15) is 59.9 Å². The van der Waals surface area contributed by atoms with E-state index in [1.165, 1.54) is 89.9 Å². The number of allylic oxidation sites excluding steroid dienone is 2. The summed E-state index contributed by atoms with van der Waals surface area (Å²) in [6.07, 6.45) is 12.8. The van der Waals surface area contributed by atoms with E-state index < -0.39 is 113 Å². The molecule has 1 saturated carbocycles. The molecular weight excluding hydrogens is 932 g/mol. The van der Waals surface area contributed by atoms with Gasteiger partial charge in [0.1, 0.15) is 67.6 Å². The topological polar surface area (TPSA) is 289 Å². The Bertz CT molecular complexity index is 1410. The van der Waals surface area contributed by atoms with Gasteiger partial charge in [0.05, 0.1) is 13.2 Å². The van der Waals surface area contributed by atoms with Crippen molar-refractivity contribution >= 4 is 19.8 Å². The van der Waals surface area contributed by atoms with Crippen molar-refractivity contribution in [2.75, 3.05) is 19.8 Å². The lowest BCUT2D eigenvalue weighted by atomic mass is 9.84. The Balaban J connectivity index is 1.92. The molecular formula is C51H95O18P. The molecule has 0 amide bonds. The van der Waals surface area contributed by atoms with E-state index >= 15 is 0 Å². The largest absolute Gasteiger partial charge is 0.472 e. The van der Waals surface area contributed by atoms with E-state index in [1.54, 1.807) is 0 Å². The Kier molecular flexibility index (Phi) is 35.8. The molecule has 0 bridgehead atoms. The van der Waals surface area contributed by atoms with Gasteiger partial charge in [-0.05, 0) is 38.5 Å². The van der Waals surface area contributed by atoms with E-state index in [0.29, 0.717) is 12.8 Å². The molecule has 1 aliphatic carbocycles. The number of aliphatic hydroxyl groups excluding tert-OH is 8. The second kappa shape index (κ2) is 38.9. The zero-order chi connectivity index (χ0) is 51.6. The molecule has 2 rings (SSSR count). The standard InChI is InChI=1S/C51H95O18P/c1-3-5-7-9-11-13-15-17-19-21-23-25-27-29-31-33-40(53)64-36-38(66-41(54)34-32-30-28-26-24-22-20-18-16-14-12-10-8-6-4-2)37-65-70(62,63)69-50-47(60)45(58)44(57)46(59)49(50)68-51-48(61)43(56)42(55)39(35-52)67-51/h13,15,38-39,42-52,55-61H,3-12,14,16-37H2,1-2H3,(H,62,63). The molecule has 0 aromatic rings. The smallest absolute Gasteiger partial charge is 0.462 e. The summed E-state index contributed by atoms with van der Waals surface area (Å²) in [5.41, 5.74) is 0. The number of hydrogen-bond donors (Lipinski definition) is 9. The number of carbonyl (C=O) groups excluding carboxylic acids is 2. The van der Waals surface area contributed by atoms with Crippen molar-refractivity contribution in [1.82, 2.24) is 0 Å². The van der Waals surface area contributed by atoms with Gasteiger partial charge in [-0.1, -0.05) is 167 Å². The van der Waals surface area contributed by atoms with Crippen molar-refractivity contribution in [2.24, 2.45) is 0 Å². The lowest BCUT2D eigenvalue weighted by molar-refractivity contribution is -0.338. The van der Waals surface area contributed by atoms with Gasteiger partial charge in [0.2, 0.25) is 0 Å². The van der Waals surface area contributed by atoms with Crippen molar-refractivity contribution in [3.05, 3.63) is 12.2 Å². The fraction of sp³-hybridized carbons (Fsp3) is 0.922. The maximum atomic E-state index is 13.4. The molecule has 1 saturated heterocycles. The number of hydrogen-bond acceptors (Lipinski definition) is 17. The predicted molar refractivity (Wildman–Crippen MR) is 263 cm³/mol. The van der Waals surface area contributed by atoms with Gasteiger partial charge in [0.25, 0.3) is 0 Å². The zero-order valence-corrected chi connectivity index (χ0v) is 43.5. The van der Waals surface area contributed by atoms with Gasteiger partial charge >= 0.3 is 19.8 Å². The lowest BCUT2D eigenvalue weighted by Crippen LogP contribution is -2.67. The average Bonchev–Trinajstić information content (AvgIpc) is 3.34. The number of phosphoric ester groups is 1. The van der Waals surface area contributed by atoms with Crippen molar-refractivity contribution in [1.29, 1.82) is 0 Å². The molecule has 2 aliphatic rings. The third-order valence-electron chi connectivity index (χ3n) is 13.2. The van der Waals surface area contributed by atoms with Crippen LogP contribution in [0, 0.1) is 0 Å². The molecule has 1 heterocycles. The van der Waals surface area contributed by atoms with Crippen LogP contribution >= 0.6 is 7.82 Å². The van der Waals surface area contributed by atoms with Gasteiger partial charge in [0.15, 0.2) is 12.4 Å². The molecule has 70 heavy (non-hydrogen) atoms. The fourth-order valence-corrected chi connectivity index (χ4v) is 9.73. The fourth-order valence-electron chi connectivity index (χ4n) is 8.76. The monoisotopic (exact) mass is 1030 g/mol. The Morgan fingerprint density at radius 1 is 0.529 bits per heavy atom. The molecule has 1 aliphatic heterocycles. The summed E-state index contributed by atoms with van der Waals surface area (Å²) in [6.45, 7) is 2.24. The van der Waals surface area contributed by atoms with Crippen LogP contribution < -0.4 is 0 Å².